The molecule has 2 unspecified atom stereocenters. The van der Waals surface area contributed by atoms with Crippen molar-refractivity contribution in [2.45, 2.75) is 39.9 Å². The van der Waals surface area contributed by atoms with E-state index in [4.69, 9.17) is 4.74 Å². The normalized spacial score (nSPS) is 20.8. The van der Waals surface area contributed by atoms with Crippen molar-refractivity contribution in [3.05, 3.63) is 35.5 Å². The summed E-state index contributed by atoms with van der Waals surface area (Å²) >= 11 is 0. The van der Waals surface area contributed by atoms with Crippen LogP contribution in [0.3, 0.4) is 0 Å². The second-order valence-corrected chi connectivity index (χ2v) is 4.91. The van der Waals surface area contributed by atoms with Crippen LogP contribution >= 0.6 is 0 Å². The van der Waals surface area contributed by atoms with Gasteiger partial charge in [0.2, 0.25) is 6.29 Å². The Labute approximate surface area is 113 Å². The molecule has 0 saturated carbocycles. The summed E-state index contributed by atoms with van der Waals surface area (Å²) in [5.41, 5.74) is 1.82. The molecule has 0 radical (unpaired) electrons. The number of aliphatic hydroxyl groups is 1. The Balaban J connectivity index is 2.79. The van der Waals surface area contributed by atoms with Crippen LogP contribution in [0.25, 0.3) is 0 Å². The molecule has 0 aromatic rings. The van der Waals surface area contributed by atoms with E-state index in [1.807, 2.05) is 13.0 Å². The van der Waals surface area contributed by atoms with Gasteiger partial charge >= 0.3 is 5.97 Å². The highest BCUT2D eigenvalue weighted by Crippen LogP contribution is 2.24. The molecule has 4 heteroatoms. The molecule has 1 aliphatic heterocycles. The quantitative estimate of drug-likeness (QED) is 0.590. The van der Waals surface area contributed by atoms with Gasteiger partial charge in [-0.2, -0.15) is 0 Å². The van der Waals surface area contributed by atoms with Crippen molar-refractivity contribution in [3.63, 3.8) is 0 Å². The number of aliphatic hydroxyl groups excluding tert-OH is 1. The van der Waals surface area contributed by atoms with Gasteiger partial charge in [0.1, 0.15) is 5.78 Å². The molecule has 0 bridgehead atoms. The zero-order valence-corrected chi connectivity index (χ0v) is 11.6. The number of esters is 1. The molecule has 4 nitrogen and oxygen atoms in total. The number of allylic oxidation sites excluding steroid dienone is 2. The first-order chi connectivity index (χ1) is 8.82. The van der Waals surface area contributed by atoms with Crippen LogP contribution in [0.2, 0.25) is 0 Å². The van der Waals surface area contributed by atoms with E-state index in [1.165, 1.54) is 0 Å². The molecule has 0 amide bonds. The van der Waals surface area contributed by atoms with Gasteiger partial charge in [-0.25, -0.2) is 4.79 Å². The number of ketones is 1. The molecule has 0 aromatic carbocycles. The molecule has 1 heterocycles. The van der Waals surface area contributed by atoms with Gasteiger partial charge in [-0.05, 0) is 33.1 Å². The molecule has 19 heavy (non-hydrogen) atoms. The third-order valence-electron chi connectivity index (χ3n) is 3.17. The largest absolute Gasteiger partial charge is 0.428 e. The molecule has 0 fully saturated rings. The Morgan fingerprint density at radius 1 is 1.53 bits per heavy atom. The van der Waals surface area contributed by atoms with Gasteiger partial charge in [0.05, 0.1) is 5.57 Å². The molecule has 2 atom stereocenters. The molecular formula is C15H20O4. The van der Waals surface area contributed by atoms with E-state index in [9.17, 15) is 14.7 Å². The zero-order valence-electron chi connectivity index (χ0n) is 11.6. The van der Waals surface area contributed by atoms with Crippen LogP contribution in [-0.2, 0) is 14.3 Å². The smallest absolute Gasteiger partial charge is 0.340 e. The van der Waals surface area contributed by atoms with E-state index in [0.29, 0.717) is 24.0 Å². The SMILES string of the molecule is C=C(C)C(/C=C/C1=C(C)C(O)OC1=O)CCC(C)=O. The first kappa shape index (κ1) is 15.4. The third-order valence-corrected chi connectivity index (χ3v) is 3.17. The maximum atomic E-state index is 11.5. The fourth-order valence-corrected chi connectivity index (χ4v) is 1.82. The molecule has 0 saturated heterocycles. The summed E-state index contributed by atoms with van der Waals surface area (Å²) in [6, 6.07) is 0. The maximum Gasteiger partial charge on any atom is 0.340 e. The first-order valence-electron chi connectivity index (χ1n) is 6.25. The minimum Gasteiger partial charge on any atom is -0.428 e. The van der Waals surface area contributed by atoms with E-state index >= 15 is 0 Å². The maximum absolute atomic E-state index is 11.5. The summed E-state index contributed by atoms with van der Waals surface area (Å²) in [6.45, 7) is 8.98. The van der Waals surface area contributed by atoms with Crippen molar-refractivity contribution in [2.24, 2.45) is 5.92 Å². The van der Waals surface area contributed by atoms with Gasteiger partial charge in [0.15, 0.2) is 0 Å². The van der Waals surface area contributed by atoms with Gasteiger partial charge in [0.25, 0.3) is 0 Å². The van der Waals surface area contributed by atoms with Gasteiger partial charge in [-0.1, -0.05) is 24.3 Å². The van der Waals surface area contributed by atoms with Crippen molar-refractivity contribution in [1.29, 1.82) is 0 Å². The lowest BCUT2D eigenvalue weighted by Crippen LogP contribution is -2.08. The van der Waals surface area contributed by atoms with Crippen LogP contribution in [0.4, 0.5) is 0 Å². The number of hydrogen-bond donors (Lipinski definition) is 1. The second-order valence-electron chi connectivity index (χ2n) is 4.91. The molecule has 1 rings (SSSR count). The lowest BCUT2D eigenvalue weighted by Gasteiger charge is -2.11. The van der Waals surface area contributed by atoms with E-state index < -0.39 is 12.3 Å². The summed E-state index contributed by atoms with van der Waals surface area (Å²) in [6.07, 6.45) is 3.49. The van der Waals surface area contributed by atoms with Gasteiger partial charge < -0.3 is 14.6 Å². The first-order valence-corrected chi connectivity index (χ1v) is 6.25. The van der Waals surface area contributed by atoms with E-state index in [2.05, 4.69) is 6.58 Å². The molecule has 0 aromatic heterocycles. The Kier molecular flexibility index (Phi) is 5.24. The summed E-state index contributed by atoms with van der Waals surface area (Å²) in [5.74, 6) is -0.353. The van der Waals surface area contributed by atoms with Crippen LogP contribution in [0, 0.1) is 5.92 Å². The highest BCUT2D eigenvalue weighted by atomic mass is 16.6. The molecule has 1 N–H and O–H groups in total. The summed E-state index contributed by atoms with van der Waals surface area (Å²) < 4.78 is 4.69. The van der Waals surface area contributed by atoms with Crippen molar-refractivity contribution < 1.29 is 19.4 Å². The van der Waals surface area contributed by atoms with E-state index in [1.54, 1.807) is 19.9 Å². The minimum atomic E-state index is -1.15. The topological polar surface area (TPSA) is 63.6 Å². The number of hydrogen-bond acceptors (Lipinski definition) is 4. The number of carbonyl (C=O) groups excluding carboxylic acids is 2. The summed E-state index contributed by atoms with van der Waals surface area (Å²) in [4.78, 5) is 22.5. The Morgan fingerprint density at radius 3 is 2.58 bits per heavy atom. The monoisotopic (exact) mass is 264 g/mol. The van der Waals surface area contributed by atoms with Crippen LogP contribution in [0.1, 0.15) is 33.6 Å². The van der Waals surface area contributed by atoms with Crippen LogP contribution in [-0.4, -0.2) is 23.1 Å². The predicted molar refractivity (Wildman–Crippen MR) is 72.2 cm³/mol. The van der Waals surface area contributed by atoms with Crippen LogP contribution < -0.4 is 0 Å². The average molecular weight is 264 g/mol. The van der Waals surface area contributed by atoms with Crippen molar-refractivity contribution in [2.75, 3.05) is 0 Å². The van der Waals surface area contributed by atoms with Gasteiger partial charge in [-0.15, -0.1) is 0 Å². The highest BCUT2D eigenvalue weighted by molar-refractivity contribution is 5.94. The lowest BCUT2D eigenvalue weighted by atomic mass is 9.94. The van der Waals surface area contributed by atoms with Crippen LogP contribution in [0.15, 0.2) is 35.5 Å². The number of rotatable bonds is 6. The Morgan fingerprint density at radius 2 is 2.16 bits per heavy atom. The number of ether oxygens (including phenoxy) is 1. The third kappa shape index (κ3) is 4.17. The van der Waals surface area contributed by atoms with Crippen molar-refractivity contribution in [1.82, 2.24) is 0 Å². The number of cyclic esters (lactones) is 1. The molecule has 0 spiro atoms. The lowest BCUT2D eigenvalue weighted by molar-refractivity contribution is -0.151. The fourth-order valence-electron chi connectivity index (χ4n) is 1.82. The van der Waals surface area contributed by atoms with E-state index in [0.717, 1.165) is 5.57 Å². The number of carbonyl (C=O) groups is 2. The fraction of sp³-hybridized carbons (Fsp3) is 0.467. The number of Topliss-reactive ketones (excluding diaryl/α,β-unsaturated/α-hetero) is 1. The minimum absolute atomic E-state index is 0.0368. The standard InChI is InChI=1S/C15H20O4/c1-9(2)12(6-5-10(3)16)7-8-13-11(4)14(17)19-15(13)18/h7-8,12,14,17H,1,5-6H2,2-4H3/b8-7+. The molecular weight excluding hydrogens is 244 g/mol. The summed E-state index contributed by atoms with van der Waals surface area (Å²) in [5, 5.41) is 9.39. The van der Waals surface area contributed by atoms with Gasteiger partial charge in [-0.3, -0.25) is 0 Å². The zero-order chi connectivity index (χ0) is 14.6. The Bertz CT molecular complexity index is 457. The molecule has 104 valence electrons. The Hall–Kier alpha value is -1.68. The van der Waals surface area contributed by atoms with Crippen LogP contribution in [0.5, 0.6) is 0 Å². The highest BCUT2D eigenvalue weighted by Gasteiger charge is 2.27. The summed E-state index contributed by atoms with van der Waals surface area (Å²) in [7, 11) is 0. The van der Waals surface area contributed by atoms with Gasteiger partial charge in [0, 0.05) is 12.0 Å². The average Bonchev–Trinajstić information content (AvgIpc) is 2.54. The van der Waals surface area contributed by atoms with Crippen molar-refractivity contribution in [3.8, 4) is 0 Å². The van der Waals surface area contributed by atoms with Crippen molar-refractivity contribution >= 4 is 11.8 Å². The predicted octanol–water partition coefficient (Wildman–Crippen LogP) is 2.30. The second kappa shape index (κ2) is 6.48. The van der Waals surface area contributed by atoms with E-state index in [-0.39, 0.29) is 11.7 Å². The molecule has 1 aliphatic rings. The molecule has 0 aliphatic carbocycles.